The van der Waals surface area contributed by atoms with Crippen LogP contribution in [0.3, 0.4) is 0 Å². The molecule has 20 heavy (non-hydrogen) atoms. The zero-order valence-electron chi connectivity index (χ0n) is 11.0. The lowest BCUT2D eigenvalue weighted by Gasteiger charge is -2.12. The van der Waals surface area contributed by atoms with Crippen molar-refractivity contribution in [2.45, 2.75) is 11.4 Å². The molecule has 0 aliphatic rings. The quantitative estimate of drug-likeness (QED) is 0.882. The molecular weight excluding hydrogens is 276 g/mol. The first-order valence-electron chi connectivity index (χ1n) is 5.99. The van der Waals surface area contributed by atoms with E-state index in [4.69, 9.17) is 9.88 Å². The van der Waals surface area contributed by atoms with Gasteiger partial charge in [0.25, 0.3) is 0 Å². The number of primary sulfonamides is 1. The van der Waals surface area contributed by atoms with E-state index in [2.05, 4.69) is 5.32 Å². The van der Waals surface area contributed by atoms with Gasteiger partial charge in [-0.25, -0.2) is 13.6 Å². The maximum Gasteiger partial charge on any atom is 0.238 e. The van der Waals surface area contributed by atoms with Gasteiger partial charge < -0.3 is 10.1 Å². The largest absolute Gasteiger partial charge is 0.495 e. The summed E-state index contributed by atoms with van der Waals surface area (Å²) >= 11 is 0. The average molecular weight is 292 g/mol. The molecule has 0 aromatic heterocycles. The molecule has 0 saturated heterocycles. The molecule has 0 atom stereocenters. The summed E-state index contributed by atoms with van der Waals surface area (Å²) in [7, 11) is -2.20. The Morgan fingerprint density at radius 2 is 1.85 bits per heavy atom. The van der Waals surface area contributed by atoms with Crippen LogP contribution in [-0.2, 0) is 16.6 Å². The van der Waals surface area contributed by atoms with Crippen LogP contribution in [0.4, 0.5) is 5.69 Å². The van der Waals surface area contributed by atoms with E-state index in [0.29, 0.717) is 18.0 Å². The lowest BCUT2D eigenvalue weighted by Crippen LogP contribution is -2.12. The Labute approximate surface area is 118 Å². The highest BCUT2D eigenvalue weighted by molar-refractivity contribution is 7.89. The molecule has 0 bridgehead atoms. The highest BCUT2D eigenvalue weighted by atomic mass is 32.2. The summed E-state index contributed by atoms with van der Waals surface area (Å²) in [4.78, 5) is 0.0499. The van der Waals surface area contributed by atoms with Crippen LogP contribution in [0.2, 0.25) is 0 Å². The number of sulfonamides is 1. The third-order valence-electron chi connectivity index (χ3n) is 2.83. The predicted octanol–water partition coefficient (Wildman–Crippen LogP) is 1.95. The third-order valence-corrected chi connectivity index (χ3v) is 3.74. The van der Waals surface area contributed by atoms with E-state index in [-0.39, 0.29) is 4.90 Å². The summed E-state index contributed by atoms with van der Waals surface area (Å²) in [6.07, 6.45) is 0. The number of methoxy groups -OCH3 is 1. The van der Waals surface area contributed by atoms with Crippen molar-refractivity contribution >= 4 is 15.7 Å². The number of rotatable bonds is 5. The number of nitrogens with one attached hydrogen (secondary N) is 1. The van der Waals surface area contributed by atoms with Crippen molar-refractivity contribution < 1.29 is 13.2 Å². The van der Waals surface area contributed by atoms with Crippen LogP contribution in [0.15, 0.2) is 53.4 Å². The first-order chi connectivity index (χ1) is 9.50. The van der Waals surface area contributed by atoms with Crippen molar-refractivity contribution in [2.75, 3.05) is 12.4 Å². The van der Waals surface area contributed by atoms with Crippen molar-refractivity contribution in [3.63, 3.8) is 0 Å². The molecule has 0 heterocycles. The molecule has 0 saturated carbocycles. The molecule has 2 aromatic rings. The Kier molecular flexibility index (Phi) is 4.26. The first kappa shape index (κ1) is 14.4. The third kappa shape index (κ3) is 3.49. The minimum Gasteiger partial charge on any atom is -0.495 e. The van der Waals surface area contributed by atoms with E-state index in [1.54, 1.807) is 6.07 Å². The molecule has 0 aliphatic carbocycles. The summed E-state index contributed by atoms with van der Waals surface area (Å²) < 4.78 is 27.9. The molecule has 0 radical (unpaired) electrons. The Morgan fingerprint density at radius 3 is 2.45 bits per heavy atom. The van der Waals surface area contributed by atoms with Gasteiger partial charge >= 0.3 is 0 Å². The summed E-state index contributed by atoms with van der Waals surface area (Å²) in [5.74, 6) is 0.563. The highest BCUT2D eigenvalue weighted by Crippen LogP contribution is 2.27. The molecule has 2 aromatic carbocycles. The fraction of sp³-hybridized carbons (Fsp3) is 0.143. The van der Waals surface area contributed by atoms with Crippen molar-refractivity contribution in [3.8, 4) is 5.75 Å². The molecule has 0 aliphatic heterocycles. The van der Waals surface area contributed by atoms with Gasteiger partial charge in [-0.15, -0.1) is 0 Å². The van der Waals surface area contributed by atoms with Crippen molar-refractivity contribution in [1.82, 2.24) is 0 Å². The predicted molar refractivity (Wildman–Crippen MR) is 78.1 cm³/mol. The molecule has 5 nitrogen and oxygen atoms in total. The Hall–Kier alpha value is -2.05. The van der Waals surface area contributed by atoms with E-state index < -0.39 is 10.0 Å². The van der Waals surface area contributed by atoms with Gasteiger partial charge in [0, 0.05) is 6.54 Å². The maximum absolute atomic E-state index is 11.4. The van der Waals surface area contributed by atoms with Crippen LogP contribution >= 0.6 is 0 Å². The molecule has 0 unspecified atom stereocenters. The normalized spacial score (nSPS) is 11.1. The van der Waals surface area contributed by atoms with Crippen LogP contribution in [-0.4, -0.2) is 15.5 Å². The second-order valence-corrected chi connectivity index (χ2v) is 5.81. The molecule has 0 fully saturated rings. The van der Waals surface area contributed by atoms with Crippen molar-refractivity contribution in [1.29, 1.82) is 0 Å². The number of ether oxygens (including phenoxy) is 1. The molecule has 0 amide bonds. The lowest BCUT2D eigenvalue weighted by molar-refractivity contribution is 0.416. The maximum atomic E-state index is 11.4. The number of anilines is 1. The summed E-state index contributed by atoms with van der Waals surface area (Å²) in [6, 6.07) is 14.2. The summed E-state index contributed by atoms with van der Waals surface area (Å²) in [6.45, 7) is 0.561. The zero-order valence-corrected chi connectivity index (χ0v) is 11.9. The number of nitrogens with two attached hydrogens (primary N) is 1. The number of hydrogen-bond donors (Lipinski definition) is 2. The van der Waals surface area contributed by atoms with Gasteiger partial charge in [0.15, 0.2) is 0 Å². The van der Waals surface area contributed by atoms with Crippen LogP contribution < -0.4 is 15.2 Å². The molecule has 0 spiro atoms. The smallest absolute Gasteiger partial charge is 0.238 e. The van der Waals surface area contributed by atoms with Crippen LogP contribution in [0.1, 0.15) is 5.56 Å². The van der Waals surface area contributed by atoms with Crippen molar-refractivity contribution in [2.24, 2.45) is 5.14 Å². The fourth-order valence-corrected chi connectivity index (χ4v) is 2.34. The Bertz CT molecular complexity index is 685. The van der Waals surface area contributed by atoms with Gasteiger partial charge in [-0.3, -0.25) is 0 Å². The van der Waals surface area contributed by atoms with E-state index in [9.17, 15) is 8.42 Å². The highest BCUT2D eigenvalue weighted by Gasteiger charge is 2.11. The van der Waals surface area contributed by atoms with Gasteiger partial charge in [-0.05, 0) is 23.8 Å². The minimum atomic E-state index is -3.73. The number of benzene rings is 2. The summed E-state index contributed by atoms with van der Waals surface area (Å²) in [5, 5.41) is 8.28. The van der Waals surface area contributed by atoms with Crippen LogP contribution in [0, 0.1) is 0 Å². The molecule has 6 heteroatoms. The SMILES string of the molecule is COc1ccc(S(N)(=O)=O)cc1NCc1ccccc1. The monoisotopic (exact) mass is 292 g/mol. The van der Waals surface area contributed by atoms with Gasteiger partial charge in [0.05, 0.1) is 17.7 Å². The molecule has 3 N–H and O–H groups in total. The summed E-state index contributed by atoms with van der Waals surface area (Å²) in [5.41, 5.74) is 1.67. The van der Waals surface area contributed by atoms with E-state index in [1.165, 1.54) is 19.2 Å². The van der Waals surface area contributed by atoms with E-state index in [1.807, 2.05) is 30.3 Å². The fourth-order valence-electron chi connectivity index (χ4n) is 1.80. The zero-order chi connectivity index (χ0) is 14.6. The Morgan fingerprint density at radius 1 is 1.15 bits per heavy atom. The average Bonchev–Trinajstić information content (AvgIpc) is 2.45. The van der Waals surface area contributed by atoms with Gasteiger partial charge in [-0.1, -0.05) is 30.3 Å². The molecule has 2 rings (SSSR count). The second kappa shape index (κ2) is 5.94. The van der Waals surface area contributed by atoms with E-state index in [0.717, 1.165) is 5.56 Å². The van der Waals surface area contributed by atoms with E-state index >= 15 is 0 Å². The molecular formula is C14H16N2O3S. The Balaban J connectivity index is 2.25. The first-order valence-corrected chi connectivity index (χ1v) is 7.54. The van der Waals surface area contributed by atoms with Crippen LogP contribution in [0.5, 0.6) is 5.75 Å². The number of hydrogen-bond acceptors (Lipinski definition) is 4. The second-order valence-electron chi connectivity index (χ2n) is 4.25. The van der Waals surface area contributed by atoms with Gasteiger partial charge in [0.2, 0.25) is 10.0 Å². The topological polar surface area (TPSA) is 81.4 Å². The standard InChI is InChI=1S/C14H16N2O3S/c1-19-14-8-7-12(20(15,17)18)9-13(14)16-10-11-5-3-2-4-6-11/h2-9,16H,10H2,1H3,(H2,15,17,18). The van der Waals surface area contributed by atoms with Gasteiger partial charge in [-0.2, -0.15) is 0 Å². The van der Waals surface area contributed by atoms with Gasteiger partial charge in [0.1, 0.15) is 5.75 Å². The van der Waals surface area contributed by atoms with Crippen molar-refractivity contribution in [3.05, 3.63) is 54.1 Å². The minimum absolute atomic E-state index is 0.0499. The molecule has 106 valence electrons. The lowest BCUT2D eigenvalue weighted by atomic mass is 10.2. The van der Waals surface area contributed by atoms with Crippen LogP contribution in [0.25, 0.3) is 0 Å².